The second kappa shape index (κ2) is 4.49. The first-order valence-electron chi connectivity index (χ1n) is 6.27. The Balaban J connectivity index is 1.77. The number of ether oxygens (including phenoxy) is 1. The summed E-state index contributed by atoms with van der Waals surface area (Å²) in [6.45, 7) is 2.17. The average Bonchev–Trinajstić information content (AvgIpc) is 2.58. The number of hydrogen-bond acceptors (Lipinski definition) is 2. The van der Waals surface area contributed by atoms with Crippen LogP contribution in [0.1, 0.15) is 18.4 Å². The Morgan fingerprint density at radius 3 is 2.94 bits per heavy atom. The summed E-state index contributed by atoms with van der Waals surface area (Å²) in [5.41, 5.74) is 1.20. The topological polar surface area (TPSA) is 29.5 Å². The van der Waals surface area contributed by atoms with Crippen molar-refractivity contribution in [2.45, 2.75) is 25.4 Å². The molecule has 0 aliphatic carbocycles. The van der Waals surface area contributed by atoms with Crippen molar-refractivity contribution in [2.24, 2.45) is 5.92 Å². The van der Waals surface area contributed by atoms with Crippen LogP contribution in [0.15, 0.2) is 30.3 Å². The summed E-state index contributed by atoms with van der Waals surface area (Å²) in [5.74, 6) is 0.522. The van der Waals surface area contributed by atoms with E-state index in [0.717, 1.165) is 26.0 Å². The first-order chi connectivity index (χ1) is 8.34. The van der Waals surface area contributed by atoms with Crippen LogP contribution in [-0.4, -0.2) is 30.1 Å². The molecule has 2 unspecified atom stereocenters. The molecule has 3 heteroatoms. The largest absolute Gasteiger partial charge is 0.379 e. The fraction of sp³-hybridized carbons (Fsp3) is 0.500. The van der Waals surface area contributed by atoms with Gasteiger partial charge in [0.05, 0.1) is 12.6 Å². The van der Waals surface area contributed by atoms with Gasteiger partial charge in [-0.05, 0) is 18.4 Å². The molecule has 90 valence electrons. The zero-order valence-corrected chi connectivity index (χ0v) is 9.84. The van der Waals surface area contributed by atoms with Gasteiger partial charge in [0.15, 0.2) is 0 Å². The van der Waals surface area contributed by atoms with E-state index < -0.39 is 0 Å². The summed E-state index contributed by atoms with van der Waals surface area (Å²) in [4.78, 5) is 14.2. The molecule has 2 atom stereocenters. The summed E-state index contributed by atoms with van der Waals surface area (Å²) in [7, 11) is 0. The molecule has 2 bridgehead atoms. The molecule has 2 saturated heterocycles. The fourth-order valence-corrected chi connectivity index (χ4v) is 2.80. The predicted molar refractivity (Wildman–Crippen MR) is 64.3 cm³/mol. The normalized spacial score (nSPS) is 28.2. The minimum absolute atomic E-state index is 0.200. The number of nitrogens with zero attached hydrogens (tertiary/aromatic N) is 1. The molecule has 17 heavy (non-hydrogen) atoms. The van der Waals surface area contributed by atoms with Crippen LogP contribution >= 0.6 is 0 Å². The second-order valence-electron chi connectivity index (χ2n) is 4.90. The Morgan fingerprint density at radius 2 is 2.12 bits per heavy atom. The molecule has 1 aromatic rings. The summed E-state index contributed by atoms with van der Waals surface area (Å²) in [6.07, 6.45) is 1.87. The predicted octanol–water partition coefficient (Wildman–Crippen LogP) is 1.82. The van der Waals surface area contributed by atoms with Crippen LogP contribution in [0.3, 0.4) is 0 Å². The SMILES string of the molecule is O=C1C2CCOCC(C2)N1Cc1ccccc1. The summed E-state index contributed by atoms with van der Waals surface area (Å²) in [6, 6.07) is 10.5. The number of carbonyl (C=O) groups excluding carboxylic acids is 1. The van der Waals surface area contributed by atoms with Crippen molar-refractivity contribution in [3.8, 4) is 0 Å². The molecule has 2 heterocycles. The molecule has 1 amide bonds. The van der Waals surface area contributed by atoms with Crippen molar-refractivity contribution in [1.29, 1.82) is 0 Å². The smallest absolute Gasteiger partial charge is 0.226 e. The quantitative estimate of drug-likeness (QED) is 0.777. The molecule has 0 radical (unpaired) electrons. The second-order valence-corrected chi connectivity index (χ2v) is 4.90. The minimum atomic E-state index is 0.200. The number of benzene rings is 1. The minimum Gasteiger partial charge on any atom is -0.379 e. The summed E-state index contributed by atoms with van der Waals surface area (Å²) >= 11 is 0. The molecule has 2 fully saturated rings. The van der Waals surface area contributed by atoms with Gasteiger partial charge in [-0.1, -0.05) is 30.3 Å². The van der Waals surface area contributed by atoms with Gasteiger partial charge in [0.25, 0.3) is 0 Å². The van der Waals surface area contributed by atoms with Gasteiger partial charge in [-0.2, -0.15) is 0 Å². The number of fused-ring (bicyclic) bond motifs is 2. The summed E-state index contributed by atoms with van der Waals surface area (Å²) in [5, 5.41) is 0. The van der Waals surface area contributed by atoms with Crippen molar-refractivity contribution >= 4 is 5.91 Å². The van der Waals surface area contributed by atoms with Gasteiger partial charge < -0.3 is 9.64 Å². The van der Waals surface area contributed by atoms with Crippen LogP contribution in [0.25, 0.3) is 0 Å². The number of rotatable bonds is 2. The molecule has 3 nitrogen and oxygen atoms in total. The van der Waals surface area contributed by atoms with E-state index in [1.54, 1.807) is 0 Å². The zero-order chi connectivity index (χ0) is 11.7. The highest BCUT2D eigenvalue weighted by molar-refractivity contribution is 5.81. The van der Waals surface area contributed by atoms with E-state index in [1.165, 1.54) is 5.56 Å². The molecule has 2 aliphatic heterocycles. The molecule has 0 spiro atoms. The third-order valence-electron chi connectivity index (χ3n) is 3.75. The first-order valence-corrected chi connectivity index (χ1v) is 6.27. The number of hydrogen-bond donors (Lipinski definition) is 0. The maximum absolute atomic E-state index is 12.2. The van der Waals surface area contributed by atoms with Gasteiger partial charge >= 0.3 is 0 Å². The number of likely N-dealkylation sites (tertiary alicyclic amines) is 1. The lowest BCUT2D eigenvalue weighted by molar-refractivity contribution is -0.135. The highest BCUT2D eigenvalue weighted by Crippen LogP contribution is 2.31. The summed E-state index contributed by atoms with van der Waals surface area (Å²) < 4.78 is 5.55. The van der Waals surface area contributed by atoms with Crippen LogP contribution in [-0.2, 0) is 16.1 Å². The van der Waals surface area contributed by atoms with Crippen LogP contribution in [0, 0.1) is 5.92 Å². The van der Waals surface area contributed by atoms with Crippen LogP contribution < -0.4 is 0 Å². The molecule has 3 rings (SSSR count). The highest BCUT2D eigenvalue weighted by atomic mass is 16.5. The molecular weight excluding hydrogens is 214 g/mol. The first kappa shape index (κ1) is 10.8. The van der Waals surface area contributed by atoms with Gasteiger partial charge in [0, 0.05) is 19.1 Å². The van der Waals surface area contributed by atoms with Gasteiger partial charge in [0.1, 0.15) is 0 Å². The fourth-order valence-electron chi connectivity index (χ4n) is 2.80. The van der Waals surface area contributed by atoms with Gasteiger partial charge in [-0.3, -0.25) is 4.79 Å². The monoisotopic (exact) mass is 231 g/mol. The lowest BCUT2D eigenvalue weighted by atomic mass is 10.0. The third-order valence-corrected chi connectivity index (χ3v) is 3.75. The Kier molecular flexibility index (Phi) is 2.85. The lowest BCUT2D eigenvalue weighted by Crippen LogP contribution is -2.37. The maximum atomic E-state index is 12.2. The van der Waals surface area contributed by atoms with E-state index in [2.05, 4.69) is 12.1 Å². The van der Waals surface area contributed by atoms with E-state index in [0.29, 0.717) is 12.5 Å². The standard InChI is InChI=1S/C14H17NO2/c16-14-12-6-7-17-10-13(8-12)15(14)9-11-4-2-1-3-5-11/h1-5,12-13H,6-10H2. The van der Waals surface area contributed by atoms with Gasteiger partial charge in [0.2, 0.25) is 5.91 Å². The van der Waals surface area contributed by atoms with Crippen LogP contribution in [0.2, 0.25) is 0 Å². The molecular formula is C14H17NO2. The lowest BCUT2D eigenvalue weighted by Gasteiger charge is -2.25. The van der Waals surface area contributed by atoms with Crippen molar-refractivity contribution in [3.63, 3.8) is 0 Å². The van der Waals surface area contributed by atoms with Gasteiger partial charge in [-0.15, -0.1) is 0 Å². The van der Waals surface area contributed by atoms with Crippen molar-refractivity contribution in [1.82, 2.24) is 4.90 Å². The van der Waals surface area contributed by atoms with Crippen molar-refractivity contribution in [2.75, 3.05) is 13.2 Å². The van der Waals surface area contributed by atoms with E-state index in [-0.39, 0.29) is 12.0 Å². The molecule has 0 saturated carbocycles. The number of amides is 1. The van der Waals surface area contributed by atoms with Crippen molar-refractivity contribution in [3.05, 3.63) is 35.9 Å². The van der Waals surface area contributed by atoms with E-state index in [9.17, 15) is 4.79 Å². The zero-order valence-electron chi connectivity index (χ0n) is 9.84. The Bertz CT molecular complexity index is 404. The van der Waals surface area contributed by atoms with Crippen molar-refractivity contribution < 1.29 is 9.53 Å². The van der Waals surface area contributed by atoms with E-state index in [4.69, 9.17) is 4.74 Å². The van der Waals surface area contributed by atoms with Crippen LogP contribution in [0.4, 0.5) is 0 Å². The Hall–Kier alpha value is -1.35. The van der Waals surface area contributed by atoms with E-state index in [1.807, 2.05) is 23.1 Å². The maximum Gasteiger partial charge on any atom is 0.226 e. The van der Waals surface area contributed by atoms with Crippen LogP contribution in [0.5, 0.6) is 0 Å². The molecule has 2 aliphatic rings. The molecule has 1 aromatic carbocycles. The van der Waals surface area contributed by atoms with Gasteiger partial charge in [-0.25, -0.2) is 0 Å². The Labute approximate surface area is 101 Å². The Morgan fingerprint density at radius 1 is 1.29 bits per heavy atom. The average molecular weight is 231 g/mol. The van der Waals surface area contributed by atoms with E-state index >= 15 is 0 Å². The molecule has 0 N–H and O–H groups in total. The third kappa shape index (κ3) is 2.07. The molecule has 0 aromatic heterocycles. The highest BCUT2D eigenvalue weighted by Gasteiger charge is 2.40. The number of carbonyl (C=O) groups is 1.